The van der Waals surface area contributed by atoms with Crippen molar-refractivity contribution in [1.29, 1.82) is 0 Å². The van der Waals surface area contributed by atoms with E-state index < -0.39 is 6.67 Å². The summed E-state index contributed by atoms with van der Waals surface area (Å²) in [5.41, 5.74) is 3.48. The van der Waals surface area contributed by atoms with Crippen LogP contribution in [-0.4, -0.2) is 36.9 Å². The topological polar surface area (TPSA) is 27.6 Å². The maximum Gasteiger partial charge on any atom is 0.115 e. The highest BCUT2D eigenvalue weighted by molar-refractivity contribution is 5.71. The number of allylic oxidation sites excluding steroid dienone is 5. The molecule has 0 aromatic rings. The maximum absolute atomic E-state index is 13.9. The van der Waals surface area contributed by atoms with E-state index in [0.29, 0.717) is 17.5 Å². The van der Waals surface area contributed by atoms with Gasteiger partial charge in [-0.1, -0.05) is 52.7 Å². The number of nitrogens with zero attached hydrogens (tertiary/aromatic N) is 2. The molecule has 0 aromatic heterocycles. The highest BCUT2D eigenvalue weighted by atomic mass is 19.1. The summed E-state index contributed by atoms with van der Waals surface area (Å²) in [7, 11) is 1.74. The van der Waals surface area contributed by atoms with Gasteiger partial charge in [-0.2, -0.15) is 0 Å². The Hall–Kier alpha value is -2.36. The number of rotatable bonds is 12. The lowest BCUT2D eigenvalue weighted by atomic mass is 9.64. The Balaban J connectivity index is 2.88. The average Bonchev–Trinajstić information content (AvgIpc) is 2.74. The van der Waals surface area contributed by atoms with E-state index >= 15 is 0 Å². The monoisotopic (exact) mass is 455 g/mol. The largest absolute Gasteiger partial charge is 0.380 e. The lowest BCUT2D eigenvalue weighted by molar-refractivity contribution is 0.126. The molecule has 184 valence electrons. The van der Waals surface area contributed by atoms with E-state index in [-0.39, 0.29) is 11.0 Å². The molecule has 1 rings (SSSR count). The second-order valence-electron chi connectivity index (χ2n) is 10.9. The second-order valence-corrected chi connectivity index (χ2v) is 10.9. The van der Waals surface area contributed by atoms with Crippen LogP contribution in [0, 0.1) is 10.8 Å². The fourth-order valence-corrected chi connectivity index (χ4v) is 4.13. The number of hydrogen-bond donors (Lipinski definition) is 1. The molecule has 1 aliphatic rings. The van der Waals surface area contributed by atoms with Gasteiger partial charge in [0.25, 0.3) is 0 Å². The summed E-state index contributed by atoms with van der Waals surface area (Å²) in [5, 5.41) is 3.43. The zero-order chi connectivity index (χ0) is 25.3. The van der Waals surface area contributed by atoms with Gasteiger partial charge in [0.1, 0.15) is 6.67 Å². The van der Waals surface area contributed by atoms with E-state index in [1.165, 1.54) is 12.8 Å². The summed E-state index contributed by atoms with van der Waals surface area (Å²) in [6, 6.07) is 0. The van der Waals surface area contributed by atoms with Crippen molar-refractivity contribution in [1.82, 2.24) is 10.2 Å². The molecule has 1 fully saturated rings. The van der Waals surface area contributed by atoms with Gasteiger partial charge in [-0.25, -0.2) is 4.39 Å². The Morgan fingerprint density at radius 2 is 1.73 bits per heavy atom. The molecule has 33 heavy (non-hydrogen) atoms. The number of hydrogen-bond acceptors (Lipinski definition) is 3. The van der Waals surface area contributed by atoms with Crippen LogP contribution in [0.3, 0.4) is 0 Å². The van der Waals surface area contributed by atoms with Crippen LogP contribution in [0.4, 0.5) is 4.39 Å². The molecule has 0 unspecified atom stereocenters. The minimum Gasteiger partial charge on any atom is -0.380 e. The van der Waals surface area contributed by atoms with Crippen molar-refractivity contribution in [3.63, 3.8) is 0 Å². The third-order valence-corrected chi connectivity index (χ3v) is 6.73. The van der Waals surface area contributed by atoms with Crippen LogP contribution in [-0.2, 0) is 0 Å². The SMILES string of the molecule is C=CN(CC(=C)/C(=C/C=C(\C)NC(C)(C)/C=C\C=NC)CF)C(=C)C1(C)CCC(C)(C)CC1. The van der Waals surface area contributed by atoms with Crippen LogP contribution in [0.5, 0.6) is 0 Å². The molecule has 1 N–H and O–H groups in total. The van der Waals surface area contributed by atoms with Gasteiger partial charge >= 0.3 is 0 Å². The number of halogens is 1. The normalized spacial score (nSPS) is 19.0. The third-order valence-electron chi connectivity index (χ3n) is 6.73. The highest BCUT2D eigenvalue weighted by Crippen LogP contribution is 2.49. The minimum absolute atomic E-state index is 0.0333. The smallest absolute Gasteiger partial charge is 0.115 e. The third kappa shape index (κ3) is 9.19. The Kier molecular flexibility index (Phi) is 10.6. The molecule has 0 aromatic carbocycles. The Labute approximate surface area is 202 Å². The van der Waals surface area contributed by atoms with E-state index in [2.05, 4.69) is 64.7 Å². The van der Waals surface area contributed by atoms with E-state index in [1.807, 2.05) is 36.1 Å². The zero-order valence-corrected chi connectivity index (χ0v) is 22.1. The molecule has 1 aliphatic carbocycles. The molecule has 0 saturated heterocycles. The quantitative estimate of drug-likeness (QED) is 0.243. The van der Waals surface area contributed by atoms with E-state index in [1.54, 1.807) is 19.5 Å². The van der Waals surface area contributed by atoms with Crippen molar-refractivity contribution in [2.24, 2.45) is 15.8 Å². The first-order valence-corrected chi connectivity index (χ1v) is 11.9. The Morgan fingerprint density at radius 3 is 2.24 bits per heavy atom. The van der Waals surface area contributed by atoms with Gasteiger partial charge < -0.3 is 10.2 Å². The van der Waals surface area contributed by atoms with Crippen LogP contribution in [0.1, 0.15) is 67.2 Å². The van der Waals surface area contributed by atoms with Crippen molar-refractivity contribution in [3.05, 3.63) is 72.8 Å². The lowest BCUT2D eigenvalue weighted by Crippen LogP contribution is -2.36. The standard InChI is InChI=1S/C29H46FN3/c1-11-33(25(4)29(9)18-16-27(5,6)17-19-29)22-23(2)26(21-30)14-13-24(3)32-28(7,8)15-12-20-31-10/h11-15,20,32H,1-2,4,16-19,21-22H2,3,5-10H3/b15-12-,24-13+,26-14+,31-20?. The molecule has 4 heteroatoms. The van der Waals surface area contributed by atoms with Gasteiger partial charge in [0.2, 0.25) is 0 Å². The molecule has 0 amide bonds. The first kappa shape index (κ1) is 28.7. The predicted octanol–water partition coefficient (Wildman–Crippen LogP) is 7.53. The summed E-state index contributed by atoms with van der Waals surface area (Å²) in [6.45, 7) is 25.6. The molecular formula is C29H46FN3. The van der Waals surface area contributed by atoms with Gasteiger partial charge in [-0.3, -0.25) is 4.99 Å². The summed E-state index contributed by atoms with van der Waals surface area (Å²) in [6.07, 6.45) is 15.8. The fraction of sp³-hybridized carbons (Fsp3) is 0.552. The molecule has 0 radical (unpaired) electrons. The van der Waals surface area contributed by atoms with Crippen LogP contribution in [0.25, 0.3) is 0 Å². The van der Waals surface area contributed by atoms with Crippen molar-refractivity contribution in [3.8, 4) is 0 Å². The Morgan fingerprint density at radius 1 is 1.12 bits per heavy atom. The van der Waals surface area contributed by atoms with Crippen LogP contribution in [0.2, 0.25) is 0 Å². The van der Waals surface area contributed by atoms with Gasteiger partial charge in [-0.15, -0.1) is 0 Å². The molecule has 3 nitrogen and oxygen atoms in total. The highest BCUT2D eigenvalue weighted by Gasteiger charge is 2.38. The fourth-order valence-electron chi connectivity index (χ4n) is 4.13. The van der Waals surface area contributed by atoms with Crippen LogP contribution >= 0.6 is 0 Å². The Bertz CT molecular complexity index is 814. The molecule has 0 heterocycles. The second kappa shape index (κ2) is 12.2. The molecule has 0 atom stereocenters. The predicted molar refractivity (Wildman–Crippen MR) is 144 cm³/mol. The van der Waals surface area contributed by atoms with Gasteiger partial charge in [0.15, 0.2) is 0 Å². The van der Waals surface area contributed by atoms with E-state index in [4.69, 9.17) is 0 Å². The number of aliphatic imine (C=N–C) groups is 1. The summed E-state index contributed by atoms with van der Waals surface area (Å²) < 4.78 is 13.9. The van der Waals surface area contributed by atoms with Gasteiger partial charge in [0, 0.05) is 42.2 Å². The first-order valence-electron chi connectivity index (χ1n) is 11.9. The summed E-state index contributed by atoms with van der Waals surface area (Å²) >= 11 is 0. The molecule has 0 spiro atoms. The summed E-state index contributed by atoms with van der Waals surface area (Å²) in [4.78, 5) is 6.00. The average molecular weight is 456 g/mol. The van der Waals surface area contributed by atoms with Crippen molar-refractivity contribution in [2.45, 2.75) is 72.8 Å². The number of alkyl halides is 1. The number of nitrogens with one attached hydrogen (secondary N) is 1. The maximum atomic E-state index is 13.9. The molecule has 0 bridgehead atoms. The summed E-state index contributed by atoms with van der Waals surface area (Å²) in [5.74, 6) is 0. The van der Waals surface area contributed by atoms with Crippen LogP contribution in [0.15, 0.2) is 77.8 Å². The molecular weight excluding hydrogens is 409 g/mol. The van der Waals surface area contributed by atoms with E-state index in [0.717, 1.165) is 29.8 Å². The zero-order valence-electron chi connectivity index (χ0n) is 22.1. The molecule has 1 saturated carbocycles. The van der Waals surface area contributed by atoms with E-state index in [9.17, 15) is 4.39 Å². The van der Waals surface area contributed by atoms with Crippen molar-refractivity contribution < 1.29 is 4.39 Å². The van der Waals surface area contributed by atoms with Gasteiger partial charge in [0.05, 0.1) is 0 Å². The first-order chi connectivity index (χ1) is 15.3. The van der Waals surface area contributed by atoms with Crippen molar-refractivity contribution in [2.75, 3.05) is 20.3 Å². The minimum atomic E-state index is -0.568. The van der Waals surface area contributed by atoms with Gasteiger partial charge in [-0.05, 0) is 81.4 Å². The molecule has 0 aliphatic heterocycles. The van der Waals surface area contributed by atoms with Crippen LogP contribution < -0.4 is 5.32 Å². The lowest BCUT2D eigenvalue weighted by Gasteiger charge is -2.45. The van der Waals surface area contributed by atoms with Crippen molar-refractivity contribution >= 4 is 6.21 Å².